The van der Waals surface area contributed by atoms with Gasteiger partial charge in [0.15, 0.2) is 0 Å². The van der Waals surface area contributed by atoms with Crippen LogP contribution >= 0.6 is 11.3 Å². The van der Waals surface area contributed by atoms with Gasteiger partial charge in [-0.05, 0) is 62.1 Å². The molecule has 2 aliphatic rings. The lowest BCUT2D eigenvalue weighted by Crippen LogP contribution is -2.44. The maximum absolute atomic E-state index is 12.5. The zero-order chi connectivity index (χ0) is 20.1. The number of nitrogens with zero attached hydrogens (tertiary/aromatic N) is 3. The van der Waals surface area contributed by atoms with Gasteiger partial charge in [-0.2, -0.15) is 0 Å². The Morgan fingerprint density at radius 1 is 1.14 bits per heavy atom. The number of aromatic nitrogens is 2. The summed E-state index contributed by atoms with van der Waals surface area (Å²) in [5, 5.41) is 4.98. The van der Waals surface area contributed by atoms with E-state index in [0.29, 0.717) is 17.5 Å². The van der Waals surface area contributed by atoms with Gasteiger partial charge in [0.1, 0.15) is 5.69 Å². The molecule has 2 aromatic heterocycles. The first-order valence-electron chi connectivity index (χ1n) is 10.5. The number of thiophene rings is 1. The topological polar surface area (TPSA) is 81.3 Å². The lowest BCUT2D eigenvalue weighted by molar-refractivity contribution is 0.0656. The molecule has 29 heavy (non-hydrogen) atoms. The van der Waals surface area contributed by atoms with Gasteiger partial charge in [-0.25, -0.2) is 4.98 Å². The number of nitrogens with one attached hydrogen (secondary N) is 2. The molecule has 2 aromatic rings. The van der Waals surface area contributed by atoms with E-state index in [1.54, 1.807) is 6.20 Å². The van der Waals surface area contributed by atoms with Crippen molar-refractivity contribution in [2.24, 2.45) is 11.8 Å². The van der Waals surface area contributed by atoms with Crippen LogP contribution in [0.1, 0.15) is 45.8 Å². The van der Waals surface area contributed by atoms with E-state index in [-0.39, 0.29) is 11.8 Å². The van der Waals surface area contributed by atoms with Gasteiger partial charge >= 0.3 is 0 Å². The van der Waals surface area contributed by atoms with Crippen molar-refractivity contribution in [2.75, 3.05) is 39.3 Å². The molecule has 0 aliphatic carbocycles. The summed E-state index contributed by atoms with van der Waals surface area (Å²) in [5.41, 5.74) is 0.520. The van der Waals surface area contributed by atoms with Crippen LogP contribution < -0.4 is 5.32 Å². The molecule has 0 atom stereocenters. The fourth-order valence-electron chi connectivity index (χ4n) is 4.33. The predicted octanol–water partition coefficient (Wildman–Crippen LogP) is 2.47. The SMILES string of the molecule is O=C(NCC1CCN(CC2CCN(C(=O)c3cccs3)CC2)CC1)c1cnc[nH]1. The number of hydrogen-bond donors (Lipinski definition) is 2. The number of rotatable bonds is 6. The third kappa shape index (κ3) is 5.25. The third-order valence-electron chi connectivity index (χ3n) is 6.15. The molecule has 2 aliphatic heterocycles. The van der Waals surface area contributed by atoms with E-state index < -0.39 is 0 Å². The molecular formula is C21H29N5O2S. The average Bonchev–Trinajstić information content (AvgIpc) is 3.47. The minimum atomic E-state index is -0.0752. The summed E-state index contributed by atoms with van der Waals surface area (Å²) >= 11 is 1.53. The van der Waals surface area contributed by atoms with Crippen molar-refractivity contribution in [3.8, 4) is 0 Å². The second kappa shape index (κ2) is 9.54. The Labute approximate surface area is 175 Å². The average molecular weight is 416 g/mol. The van der Waals surface area contributed by atoms with E-state index in [9.17, 15) is 9.59 Å². The number of carbonyl (C=O) groups excluding carboxylic acids is 2. The van der Waals surface area contributed by atoms with Crippen molar-refractivity contribution in [1.29, 1.82) is 0 Å². The summed E-state index contributed by atoms with van der Waals surface area (Å²) in [6, 6.07) is 3.86. The quantitative estimate of drug-likeness (QED) is 0.759. The Hall–Kier alpha value is -2.19. The smallest absolute Gasteiger partial charge is 0.269 e. The van der Waals surface area contributed by atoms with Gasteiger partial charge < -0.3 is 20.1 Å². The van der Waals surface area contributed by atoms with Gasteiger partial charge in [-0.3, -0.25) is 9.59 Å². The molecule has 2 fully saturated rings. The van der Waals surface area contributed by atoms with E-state index >= 15 is 0 Å². The van der Waals surface area contributed by atoms with Crippen molar-refractivity contribution in [1.82, 2.24) is 25.1 Å². The Kier molecular flexibility index (Phi) is 6.61. The molecule has 2 N–H and O–H groups in total. The number of imidazole rings is 1. The maximum Gasteiger partial charge on any atom is 0.269 e. The van der Waals surface area contributed by atoms with Crippen LogP contribution in [-0.4, -0.2) is 70.9 Å². The van der Waals surface area contributed by atoms with Crippen LogP contribution in [0.2, 0.25) is 0 Å². The van der Waals surface area contributed by atoms with Gasteiger partial charge in [-0.15, -0.1) is 11.3 Å². The van der Waals surface area contributed by atoms with Gasteiger partial charge in [0.25, 0.3) is 11.8 Å². The lowest BCUT2D eigenvalue weighted by Gasteiger charge is -2.37. The molecule has 0 unspecified atom stereocenters. The molecule has 156 valence electrons. The van der Waals surface area contributed by atoms with Crippen LogP contribution in [0.3, 0.4) is 0 Å². The number of amides is 2. The molecule has 0 saturated carbocycles. The van der Waals surface area contributed by atoms with Gasteiger partial charge in [-0.1, -0.05) is 6.07 Å². The first-order valence-corrected chi connectivity index (χ1v) is 11.4. The maximum atomic E-state index is 12.5. The summed E-state index contributed by atoms with van der Waals surface area (Å²) in [4.78, 5) is 36.6. The second-order valence-electron chi connectivity index (χ2n) is 8.13. The van der Waals surface area contributed by atoms with Crippen molar-refractivity contribution in [2.45, 2.75) is 25.7 Å². The monoisotopic (exact) mass is 415 g/mol. The minimum Gasteiger partial charge on any atom is -0.350 e. The van der Waals surface area contributed by atoms with Crippen LogP contribution in [0.15, 0.2) is 30.0 Å². The van der Waals surface area contributed by atoms with Gasteiger partial charge in [0, 0.05) is 26.2 Å². The predicted molar refractivity (Wildman–Crippen MR) is 113 cm³/mol. The summed E-state index contributed by atoms with van der Waals surface area (Å²) in [6.45, 7) is 5.80. The molecule has 4 rings (SSSR count). The Balaban J connectivity index is 1.13. The van der Waals surface area contributed by atoms with E-state index in [4.69, 9.17) is 0 Å². The molecule has 7 nitrogen and oxygen atoms in total. The molecule has 2 saturated heterocycles. The summed E-state index contributed by atoms with van der Waals surface area (Å²) in [5.74, 6) is 1.34. The number of aromatic amines is 1. The Bertz CT molecular complexity index is 776. The molecule has 0 aromatic carbocycles. The molecular weight excluding hydrogens is 386 g/mol. The zero-order valence-corrected chi connectivity index (χ0v) is 17.5. The number of carbonyl (C=O) groups is 2. The van der Waals surface area contributed by atoms with E-state index in [1.807, 2.05) is 22.4 Å². The van der Waals surface area contributed by atoms with Crippen LogP contribution in [0.25, 0.3) is 0 Å². The second-order valence-corrected chi connectivity index (χ2v) is 9.08. The van der Waals surface area contributed by atoms with Crippen LogP contribution in [0.5, 0.6) is 0 Å². The Morgan fingerprint density at radius 2 is 1.90 bits per heavy atom. The zero-order valence-electron chi connectivity index (χ0n) is 16.7. The summed E-state index contributed by atoms with van der Waals surface area (Å²) in [6.07, 6.45) is 7.51. The van der Waals surface area contributed by atoms with Crippen molar-refractivity contribution < 1.29 is 9.59 Å². The fourth-order valence-corrected chi connectivity index (χ4v) is 5.02. The molecule has 0 bridgehead atoms. The largest absolute Gasteiger partial charge is 0.350 e. The highest BCUT2D eigenvalue weighted by Gasteiger charge is 2.27. The highest BCUT2D eigenvalue weighted by atomic mass is 32.1. The standard InChI is InChI=1S/C21H29N5O2S/c27-20(18-13-22-15-24-18)23-12-16-3-7-25(8-4-16)14-17-5-9-26(10-6-17)21(28)19-2-1-11-29-19/h1-2,11,13,15-17H,3-10,12,14H2,(H,22,24)(H,23,27). The first-order chi connectivity index (χ1) is 14.2. The number of likely N-dealkylation sites (tertiary alicyclic amines) is 2. The van der Waals surface area contributed by atoms with Crippen LogP contribution in [0.4, 0.5) is 0 Å². The van der Waals surface area contributed by atoms with Crippen LogP contribution in [0, 0.1) is 11.8 Å². The summed E-state index contributed by atoms with van der Waals surface area (Å²) < 4.78 is 0. The normalized spacial score (nSPS) is 19.4. The van der Waals surface area contributed by atoms with Crippen molar-refractivity contribution in [3.63, 3.8) is 0 Å². The number of piperidine rings is 2. The van der Waals surface area contributed by atoms with Crippen LogP contribution in [-0.2, 0) is 0 Å². The number of H-pyrrole nitrogens is 1. The summed E-state index contributed by atoms with van der Waals surface area (Å²) in [7, 11) is 0. The number of hydrogen-bond acceptors (Lipinski definition) is 5. The molecule has 8 heteroatoms. The van der Waals surface area contributed by atoms with E-state index in [1.165, 1.54) is 17.7 Å². The van der Waals surface area contributed by atoms with Crippen molar-refractivity contribution >= 4 is 23.2 Å². The highest BCUT2D eigenvalue weighted by molar-refractivity contribution is 7.12. The first kappa shape index (κ1) is 20.1. The van der Waals surface area contributed by atoms with E-state index in [0.717, 1.165) is 69.8 Å². The fraction of sp³-hybridized carbons (Fsp3) is 0.571. The third-order valence-corrected chi connectivity index (χ3v) is 7.01. The molecule has 2 amide bonds. The molecule has 0 spiro atoms. The van der Waals surface area contributed by atoms with Gasteiger partial charge in [0.2, 0.25) is 0 Å². The Morgan fingerprint density at radius 3 is 2.55 bits per heavy atom. The van der Waals surface area contributed by atoms with Gasteiger partial charge in [0.05, 0.1) is 17.4 Å². The lowest BCUT2D eigenvalue weighted by atomic mass is 9.92. The molecule has 0 radical (unpaired) electrons. The van der Waals surface area contributed by atoms with E-state index in [2.05, 4.69) is 20.2 Å². The molecule has 4 heterocycles. The van der Waals surface area contributed by atoms with Crippen molar-refractivity contribution in [3.05, 3.63) is 40.6 Å². The minimum absolute atomic E-state index is 0.0752. The highest BCUT2D eigenvalue weighted by Crippen LogP contribution is 2.24.